The first kappa shape index (κ1) is 20.0. The number of nitrogens with zero attached hydrogens (tertiary/aromatic N) is 2. The van der Waals surface area contributed by atoms with Gasteiger partial charge in [-0.2, -0.15) is 0 Å². The van der Waals surface area contributed by atoms with Crippen LogP contribution in [0.3, 0.4) is 0 Å². The van der Waals surface area contributed by atoms with E-state index < -0.39 is 0 Å². The van der Waals surface area contributed by atoms with Crippen LogP contribution in [0.4, 0.5) is 0 Å². The van der Waals surface area contributed by atoms with Gasteiger partial charge in [-0.1, -0.05) is 28.1 Å². The smallest absolute Gasteiger partial charge is 0.191 e. The fourth-order valence-electron chi connectivity index (χ4n) is 3.51. The lowest BCUT2D eigenvalue weighted by Gasteiger charge is -2.33. The van der Waals surface area contributed by atoms with Crippen LogP contribution in [0.5, 0.6) is 0 Å². The summed E-state index contributed by atoms with van der Waals surface area (Å²) in [6.45, 7) is 7.93. The molecule has 0 spiro atoms. The van der Waals surface area contributed by atoms with E-state index in [4.69, 9.17) is 4.42 Å². The highest BCUT2D eigenvalue weighted by Gasteiger charge is 2.20. The Kier molecular flexibility index (Phi) is 6.96. The molecule has 0 bridgehead atoms. The van der Waals surface area contributed by atoms with Crippen molar-refractivity contribution < 1.29 is 4.42 Å². The van der Waals surface area contributed by atoms with Crippen molar-refractivity contribution in [3.8, 4) is 0 Å². The van der Waals surface area contributed by atoms with E-state index in [0.29, 0.717) is 6.04 Å². The van der Waals surface area contributed by atoms with Gasteiger partial charge < -0.3 is 15.1 Å². The molecule has 0 radical (unpaired) electrons. The Bertz CT molecular complexity index is 761. The van der Waals surface area contributed by atoms with Crippen molar-refractivity contribution in [2.45, 2.75) is 45.8 Å². The van der Waals surface area contributed by atoms with Crippen LogP contribution >= 0.6 is 15.9 Å². The number of piperidine rings is 1. The van der Waals surface area contributed by atoms with Gasteiger partial charge in [-0.05, 0) is 50.5 Å². The third kappa shape index (κ3) is 5.84. The van der Waals surface area contributed by atoms with Gasteiger partial charge in [-0.25, -0.2) is 0 Å². The second-order valence-electron chi connectivity index (χ2n) is 7.19. The molecule has 2 aromatic rings. The molecule has 2 N–H and O–H groups in total. The maximum Gasteiger partial charge on any atom is 0.191 e. The fraction of sp³-hybridized carbons (Fsp3) is 0.476. The summed E-state index contributed by atoms with van der Waals surface area (Å²) in [5.41, 5.74) is 2.55. The van der Waals surface area contributed by atoms with Gasteiger partial charge in [0.15, 0.2) is 5.96 Å². The Labute approximate surface area is 170 Å². The Morgan fingerprint density at radius 1 is 1.22 bits per heavy atom. The van der Waals surface area contributed by atoms with E-state index in [2.05, 4.69) is 66.8 Å². The van der Waals surface area contributed by atoms with Crippen molar-refractivity contribution in [3.63, 3.8) is 0 Å². The summed E-state index contributed by atoms with van der Waals surface area (Å²) >= 11 is 3.50. The van der Waals surface area contributed by atoms with Crippen LogP contribution in [0, 0.1) is 13.8 Å². The van der Waals surface area contributed by atoms with E-state index >= 15 is 0 Å². The Balaban J connectivity index is 1.43. The van der Waals surface area contributed by atoms with Crippen molar-refractivity contribution in [2.75, 3.05) is 20.1 Å². The molecule has 0 aliphatic carbocycles. The van der Waals surface area contributed by atoms with Crippen molar-refractivity contribution >= 4 is 21.9 Å². The zero-order valence-corrected chi connectivity index (χ0v) is 18.0. The monoisotopic (exact) mass is 432 g/mol. The summed E-state index contributed by atoms with van der Waals surface area (Å²) in [6.07, 6.45) is 2.25. The summed E-state index contributed by atoms with van der Waals surface area (Å²) in [5, 5.41) is 6.97. The van der Waals surface area contributed by atoms with Crippen LogP contribution in [0.25, 0.3) is 0 Å². The lowest BCUT2D eigenvalue weighted by molar-refractivity contribution is 0.198. The maximum absolute atomic E-state index is 5.59. The molecule has 146 valence electrons. The van der Waals surface area contributed by atoms with Crippen LogP contribution in [-0.2, 0) is 13.1 Å². The minimum atomic E-state index is 0.463. The normalized spacial score (nSPS) is 16.5. The van der Waals surface area contributed by atoms with Gasteiger partial charge in [0.1, 0.15) is 11.5 Å². The summed E-state index contributed by atoms with van der Waals surface area (Å²) in [6, 6.07) is 11.2. The Morgan fingerprint density at radius 2 is 1.93 bits per heavy atom. The van der Waals surface area contributed by atoms with Crippen LogP contribution in [-0.4, -0.2) is 37.0 Å². The molecule has 3 rings (SSSR count). The van der Waals surface area contributed by atoms with Crippen molar-refractivity contribution in [3.05, 3.63) is 57.5 Å². The highest BCUT2D eigenvalue weighted by Crippen LogP contribution is 2.16. The molecule has 1 saturated heterocycles. The fourth-order valence-corrected chi connectivity index (χ4v) is 3.77. The van der Waals surface area contributed by atoms with Crippen LogP contribution in [0.1, 0.15) is 35.5 Å². The minimum absolute atomic E-state index is 0.463. The third-order valence-corrected chi connectivity index (χ3v) is 5.59. The molecule has 1 aliphatic heterocycles. The van der Waals surface area contributed by atoms with E-state index in [-0.39, 0.29) is 0 Å². The van der Waals surface area contributed by atoms with Crippen molar-refractivity contribution in [2.24, 2.45) is 4.99 Å². The topological polar surface area (TPSA) is 52.8 Å². The second-order valence-corrected chi connectivity index (χ2v) is 8.10. The first-order valence-electron chi connectivity index (χ1n) is 9.53. The van der Waals surface area contributed by atoms with E-state index in [0.717, 1.165) is 61.0 Å². The van der Waals surface area contributed by atoms with Crippen LogP contribution in [0.15, 0.2) is 44.2 Å². The molecular weight excluding hydrogens is 404 g/mol. The molecule has 1 fully saturated rings. The highest BCUT2D eigenvalue weighted by atomic mass is 79.9. The first-order chi connectivity index (χ1) is 13.0. The maximum atomic E-state index is 5.59. The van der Waals surface area contributed by atoms with Crippen molar-refractivity contribution in [1.82, 2.24) is 15.5 Å². The number of hydrogen-bond donors (Lipinski definition) is 2. The second kappa shape index (κ2) is 9.42. The largest absolute Gasteiger partial charge is 0.466 e. The number of aryl methyl sites for hydroxylation is 2. The van der Waals surface area contributed by atoms with Gasteiger partial charge in [0.25, 0.3) is 0 Å². The number of likely N-dealkylation sites (tertiary alicyclic amines) is 1. The summed E-state index contributed by atoms with van der Waals surface area (Å²) < 4.78 is 6.72. The molecule has 6 heteroatoms. The van der Waals surface area contributed by atoms with Crippen LogP contribution in [0.2, 0.25) is 0 Å². The summed E-state index contributed by atoms with van der Waals surface area (Å²) in [7, 11) is 1.82. The Hall–Kier alpha value is -1.79. The van der Waals surface area contributed by atoms with Gasteiger partial charge in [0.2, 0.25) is 0 Å². The van der Waals surface area contributed by atoms with E-state index in [1.54, 1.807) is 0 Å². The summed E-state index contributed by atoms with van der Waals surface area (Å²) in [4.78, 5) is 6.90. The molecule has 0 atom stereocenters. The number of rotatable bonds is 5. The molecular formula is C21H29BrN4O. The molecule has 1 aromatic heterocycles. The quantitative estimate of drug-likeness (QED) is 0.553. The molecule has 2 heterocycles. The molecule has 5 nitrogen and oxygen atoms in total. The zero-order valence-electron chi connectivity index (χ0n) is 16.4. The van der Waals surface area contributed by atoms with Crippen molar-refractivity contribution in [1.29, 1.82) is 0 Å². The number of benzene rings is 1. The molecule has 0 amide bonds. The standard InChI is InChI=1S/C21H29BrN4O/c1-15-12-18(16(2)27-15)13-24-21(23-3)25-20-8-10-26(11-9-20)14-17-4-6-19(22)7-5-17/h4-7,12,20H,8-11,13-14H2,1-3H3,(H2,23,24,25). The average molecular weight is 433 g/mol. The van der Waals surface area contributed by atoms with Crippen LogP contribution < -0.4 is 10.6 Å². The SMILES string of the molecule is CN=C(NCc1cc(C)oc1C)NC1CCN(Cc2ccc(Br)cc2)CC1. The average Bonchev–Trinajstić information content (AvgIpc) is 2.99. The number of guanidine groups is 1. The number of halogens is 1. The highest BCUT2D eigenvalue weighted by molar-refractivity contribution is 9.10. The lowest BCUT2D eigenvalue weighted by Crippen LogP contribution is -2.48. The zero-order chi connectivity index (χ0) is 19.2. The minimum Gasteiger partial charge on any atom is -0.466 e. The predicted molar refractivity (Wildman–Crippen MR) is 114 cm³/mol. The van der Waals surface area contributed by atoms with E-state index in [1.165, 1.54) is 11.1 Å². The number of aliphatic imine (C=N–C) groups is 1. The van der Waals surface area contributed by atoms with E-state index in [1.807, 2.05) is 20.9 Å². The molecule has 0 saturated carbocycles. The Morgan fingerprint density at radius 3 is 2.52 bits per heavy atom. The lowest BCUT2D eigenvalue weighted by atomic mass is 10.0. The third-order valence-electron chi connectivity index (χ3n) is 5.06. The molecule has 1 aliphatic rings. The van der Waals surface area contributed by atoms with Gasteiger partial charge in [-0.3, -0.25) is 9.89 Å². The number of hydrogen-bond acceptors (Lipinski definition) is 3. The van der Waals surface area contributed by atoms with Gasteiger partial charge in [0.05, 0.1) is 0 Å². The van der Waals surface area contributed by atoms with Gasteiger partial charge in [0, 0.05) is 49.3 Å². The number of nitrogens with one attached hydrogen (secondary N) is 2. The van der Waals surface area contributed by atoms with E-state index in [9.17, 15) is 0 Å². The molecule has 27 heavy (non-hydrogen) atoms. The first-order valence-corrected chi connectivity index (χ1v) is 10.3. The van der Waals surface area contributed by atoms with Gasteiger partial charge >= 0.3 is 0 Å². The van der Waals surface area contributed by atoms with Gasteiger partial charge in [-0.15, -0.1) is 0 Å². The summed E-state index contributed by atoms with van der Waals surface area (Å²) in [5.74, 6) is 2.78. The predicted octanol–water partition coefficient (Wildman–Crippen LogP) is 3.99. The number of furan rings is 1. The molecule has 1 aromatic carbocycles. The molecule has 0 unspecified atom stereocenters.